The Kier molecular flexibility index (Phi) is 3.50. The molecule has 2 saturated heterocycles. The minimum absolute atomic E-state index is 0.154. The maximum Gasteiger partial charge on any atom is 0.194 e. The molecule has 2 aromatic rings. The molecular formula is C13H16IN5O4. The number of hydrogen-bond donors (Lipinski definition) is 2. The van der Waals surface area contributed by atoms with Gasteiger partial charge in [-0.2, -0.15) is 0 Å². The van der Waals surface area contributed by atoms with E-state index in [-0.39, 0.29) is 18.8 Å². The second kappa shape index (κ2) is 5.21. The second-order valence-corrected chi connectivity index (χ2v) is 6.98. The number of nitrogens with zero attached hydrogens (tertiary/aromatic N) is 4. The zero-order valence-corrected chi connectivity index (χ0v) is 14.7. The van der Waals surface area contributed by atoms with Crippen LogP contribution >= 0.6 is 22.6 Å². The second-order valence-electron chi connectivity index (χ2n) is 6.01. The molecule has 0 bridgehead atoms. The SMILES string of the molecule is CC1(C)O[C@H]2[C@H](O1)[C@@H](CO)O[C@H]2n1cnc2c(N)nc(I)nc21. The predicted octanol–water partition coefficient (Wildman–Crippen LogP) is 0.423. The summed E-state index contributed by atoms with van der Waals surface area (Å²) in [5.41, 5.74) is 6.98. The zero-order valence-electron chi connectivity index (χ0n) is 12.5. The van der Waals surface area contributed by atoms with Crippen LogP contribution in [-0.4, -0.2) is 55.3 Å². The summed E-state index contributed by atoms with van der Waals surface area (Å²) in [6.07, 6.45) is -0.0947. The van der Waals surface area contributed by atoms with Gasteiger partial charge in [0.2, 0.25) is 0 Å². The summed E-state index contributed by atoms with van der Waals surface area (Å²) < 4.78 is 20.0. The first-order valence-electron chi connectivity index (χ1n) is 7.17. The molecule has 4 atom stereocenters. The first-order valence-corrected chi connectivity index (χ1v) is 8.25. The number of hydrogen-bond acceptors (Lipinski definition) is 8. The molecule has 0 aromatic carbocycles. The number of aromatic nitrogens is 4. The van der Waals surface area contributed by atoms with Gasteiger partial charge in [-0.05, 0) is 13.8 Å². The lowest BCUT2D eigenvalue weighted by Crippen LogP contribution is -2.31. The molecule has 4 rings (SSSR count). The Morgan fingerprint density at radius 1 is 1.35 bits per heavy atom. The molecular weight excluding hydrogens is 417 g/mol. The summed E-state index contributed by atoms with van der Waals surface area (Å²) in [4.78, 5) is 12.8. The van der Waals surface area contributed by atoms with Crippen molar-refractivity contribution in [3.63, 3.8) is 0 Å². The molecule has 2 fully saturated rings. The molecule has 2 aliphatic rings. The van der Waals surface area contributed by atoms with Crippen LogP contribution < -0.4 is 5.73 Å². The topological polar surface area (TPSA) is 118 Å². The van der Waals surface area contributed by atoms with Crippen molar-refractivity contribution in [3.8, 4) is 0 Å². The molecule has 0 amide bonds. The Bertz CT molecular complexity index is 766. The Labute approximate surface area is 145 Å². The average Bonchev–Trinajstić information content (AvgIpc) is 3.09. The fourth-order valence-electron chi connectivity index (χ4n) is 3.13. The van der Waals surface area contributed by atoms with Gasteiger partial charge in [-0.1, -0.05) is 0 Å². The summed E-state index contributed by atoms with van der Waals surface area (Å²) in [6, 6.07) is 0. The molecule has 2 aromatic heterocycles. The van der Waals surface area contributed by atoms with Gasteiger partial charge >= 0.3 is 0 Å². The van der Waals surface area contributed by atoms with Crippen LogP contribution in [0.15, 0.2) is 6.33 Å². The number of anilines is 1. The van der Waals surface area contributed by atoms with Crippen LogP contribution in [0.5, 0.6) is 0 Å². The van der Waals surface area contributed by atoms with E-state index in [1.165, 1.54) is 0 Å². The molecule has 9 nitrogen and oxygen atoms in total. The Hall–Kier alpha value is -1.08. The van der Waals surface area contributed by atoms with Gasteiger partial charge in [-0.3, -0.25) is 4.57 Å². The number of nitrogen functional groups attached to an aromatic ring is 1. The number of fused-ring (bicyclic) bond motifs is 2. The number of aliphatic hydroxyl groups is 1. The first kappa shape index (κ1) is 15.4. The lowest BCUT2D eigenvalue weighted by Gasteiger charge is -2.24. The van der Waals surface area contributed by atoms with Gasteiger partial charge in [0.1, 0.15) is 23.8 Å². The standard InChI is InChI=1S/C13H16IN5O4/c1-13(2)22-7-5(3-20)21-11(8(7)23-13)19-4-16-6-9(15)17-12(14)18-10(6)19/h4-5,7-8,11,20H,3H2,1-2H3,(H2,15,17,18)/t5-,7-,8+,11-/m1/s1. The van der Waals surface area contributed by atoms with Crippen LogP contribution in [0.4, 0.5) is 5.82 Å². The van der Waals surface area contributed by atoms with Crippen LogP contribution in [0, 0.1) is 3.83 Å². The summed E-state index contributed by atoms with van der Waals surface area (Å²) in [7, 11) is 0. The van der Waals surface area contributed by atoms with Gasteiger partial charge in [-0.15, -0.1) is 0 Å². The highest BCUT2D eigenvalue weighted by atomic mass is 127. The molecule has 0 saturated carbocycles. The van der Waals surface area contributed by atoms with Crippen molar-refractivity contribution in [2.45, 2.75) is 44.2 Å². The molecule has 0 spiro atoms. The van der Waals surface area contributed by atoms with Crippen molar-refractivity contribution in [1.29, 1.82) is 0 Å². The lowest BCUT2D eigenvalue weighted by atomic mass is 10.1. The number of halogens is 1. The molecule has 23 heavy (non-hydrogen) atoms. The lowest BCUT2D eigenvalue weighted by molar-refractivity contribution is -0.199. The van der Waals surface area contributed by atoms with Gasteiger partial charge in [-0.25, -0.2) is 15.0 Å². The largest absolute Gasteiger partial charge is 0.394 e. The van der Waals surface area contributed by atoms with E-state index < -0.39 is 18.1 Å². The van der Waals surface area contributed by atoms with Crippen LogP contribution in [0.25, 0.3) is 11.2 Å². The molecule has 0 unspecified atom stereocenters. The van der Waals surface area contributed by atoms with Crippen molar-refractivity contribution in [1.82, 2.24) is 19.5 Å². The van der Waals surface area contributed by atoms with Crippen molar-refractivity contribution < 1.29 is 19.3 Å². The van der Waals surface area contributed by atoms with Crippen LogP contribution in [0.2, 0.25) is 0 Å². The first-order chi connectivity index (χ1) is 10.9. The summed E-state index contributed by atoms with van der Waals surface area (Å²) >= 11 is 2.00. The molecule has 3 N–H and O–H groups in total. The average molecular weight is 433 g/mol. The van der Waals surface area contributed by atoms with E-state index >= 15 is 0 Å². The molecule has 0 aliphatic carbocycles. The maximum absolute atomic E-state index is 9.57. The van der Waals surface area contributed by atoms with E-state index in [1.54, 1.807) is 10.9 Å². The Morgan fingerprint density at radius 3 is 2.83 bits per heavy atom. The predicted molar refractivity (Wildman–Crippen MR) is 87.3 cm³/mol. The summed E-state index contributed by atoms with van der Waals surface area (Å²) in [6.45, 7) is 3.52. The third kappa shape index (κ3) is 2.39. The third-order valence-electron chi connectivity index (χ3n) is 4.00. The molecule has 0 radical (unpaired) electrons. The Balaban J connectivity index is 1.79. The van der Waals surface area contributed by atoms with Gasteiger partial charge in [0.05, 0.1) is 12.9 Å². The number of rotatable bonds is 2. The maximum atomic E-state index is 9.57. The normalized spacial score (nSPS) is 32.5. The zero-order chi connectivity index (χ0) is 16.4. The molecule has 4 heterocycles. The van der Waals surface area contributed by atoms with Crippen molar-refractivity contribution in [2.75, 3.05) is 12.3 Å². The fraction of sp³-hybridized carbons (Fsp3) is 0.615. The Morgan fingerprint density at radius 2 is 2.09 bits per heavy atom. The number of nitrogens with two attached hydrogens (primary N) is 1. The highest BCUT2D eigenvalue weighted by Gasteiger charge is 2.55. The van der Waals surface area contributed by atoms with E-state index in [0.29, 0.717) is 20.8 Å². The van der Waals surface area contributed by atoms with E-state index in [1.807, 2.05) is 36.4 Å². The third-order valence-corrected chi connectivity index (χ3v) is 4.48. The smallest absolute Gasteiger partial charge is 0.194 e. The number of aliphatic hydroxyl groups excluding tert-OH is 1. The van der Waals surface area contributed by atoms with E-state index in [0.717, 1.165) is 0 Å². The summed E-state index contributed by atoms with van der Waals surface area (Å²) in [5, 5.41) is 9.57. The van der Waals surface area contributed by atoms with E-state index in [4.69, 9.17) is 19.9 Å². The van der Waals surface area contributed by atoms with Crippen molar-refractivity contribution >= 4 is 39.6 Å². The van der Waals surface area contributed by atoms with Crippen LogP contribution in [-0.2, 0) is 14.2 Å². The highest BCUT2D eigenvalue weighted by Crippen LogP contribution is 2.43. The van der Waals surface area contributed by atoms with Crippen molar-refractivity contribution in [2.24, 2.45) is 0 Å². The minimum Gasteiger partial charge on any atom is -0.394 e. The highest BCUT2D eigenvalue weighted by molar-refractivity contribution is 14.1. The number of ether oxygens (including phenoxy) is 3. The van der Waals surface area contributed by atoms with Gasteiger partial charge in [0.25, 0.3) is 0 Å². The van der Waals surface area contributed by atoms with Crippen molar-refractivity contribution in [3.05, 3.63) is 10.2 Å². The molecule has 10 heteroatoms. The van der Waals surface area contributed by atoms with Gasteiger partial charge in [0, 0.05) is 22.6 Å². The summed E-state index contributed by atoms with van der Waals surface area (Å²) in [5.74, 6) is -0.417. The van der Waals surface area contributed by atoms with Gasteiger partial charge < -0.3 is 25.1 Å². The van der Waals surface area contributed by atoms with E-state index in [2.05, 4.69) is 15.0 Å². The molecule has 2 aliphatic heterocycles. The monoisotopic (exact) mass is 433 g/mol. The fourth-order valence-corrected chi connectivity index (χ4v) is 3.62. The van der Waals surface area contributed by atoms with Gasteiger partial charge in [0.15, 0.2) is 27.3 Å². The quantitative estimate of drug-likeness (QED) is 0.517. The van der Waals surface area contributed by atoms with Crippen LogP contribution in [0.1, 0.15) is 20.1 Å². The molecule has 124 valence electrons. The van der Waals surface area contributed by atoms with Crippen LogP contribution in [0.3, 0.4) is 0 Å². The van der Waals surface area contributed by atoms with E-state index in [9.17, 15) is 5.11 Å². The number of imidazole rings is 1. The minimum atomic E-state index is -0.733.